The van der Waals surface area contributed by atoms with Crippen LogP contribution in [0.25, 0.3) is 0 Å². The van der Waals surface area contributed by atoms with E-state index in [0.29, 0.717) is 17.6 Å². The maximum absolute atomic E-state index is 6.43. The molecule has 4 rings (SSSR count). The van der Waals surface area contributed by atoms with Crippen molar-refractivity contribution < 1.29 is 0 Å². The quantitative estimate of drug-likeness (QED) is 0.469. The number of nitrogens with one attached hydrogen (secondary N) is 3. The molecule has 1 spiro atoms. The van der Waals surface area contributed by atoms with Crippen molar-refractivity contribution in [2.24, 2.45) is 10.8 Å². The van der Waals surface area contributed by atoms with Crippen molar-refractivity contribution >= 4 is 11.6 Å². The summed E-state index contributed by atoms with van der Waals surface area (Å²) in [5, 5.41) is 10.0. The molecule has 3 aliphatic heterocycles. The van der Waals surface area contributed by atoms with E-state index in [2.05, 4.69) is 41.8 Å². The molecule has 0 aromatic rings. The standard InChI is InChI=1S/C15H27ClN4/c1-13(2,3)15-10(17-7-6-14(15)4-5-14)9-18-12-8-11(16)19-20(12)15/h10-12,17-19H,4-9H2,1-3H3. The smallest absolute Gasteiger partial charge is 0.0982 e. The van der Waals surface area contributed by atoms with Gasteiger partial charge in [0, 0.05) is 19.0 Å². The number of rotatable bonds is 0. The lowest BCUT2D eigenvalue weighted by atomic mass is 9.56. The number of hydrazine groups is 1. The largest absolute Gasteiger partial charge is 0.311 e. The maximum atomic E-state index is 6.43. The van der Waals surface area contributed by atoms with Crippen molar-refractivity contribution in [2.45, 2.75) is 69.7 Å². The highest BCUT2D eigenvalue weighted by Crippen LogP contribution is 2.67. The molecular weight excluding hydrogens is 272 g/mol. The van der Waals surface area contributed by atoms with Crippen LogP contribution < -0.4 is 16.1 Å². The SMILES string of the molecule is CC(C)(C)C12C(CNC3CC(Cl)NN31)NCCC21CC1. The van der Waals surface area contributed by atoms with Crippen molar-refractivity contribution in [3.05, 3.63) is 0 Å². The molecule has 4 aliphatic rings. The second kappa shape index (κ2) is 4.11. The molecule has 20 heavy (non-hydrogen) atoms. The summed E-state index contributed by atoms with van der Waals surface area (Å²) in [6.07, 6.45) is 5.42. The maximum Gasteiger partial charge on any atom is 0.0982 e. The van der Waals surface area contributed by atoms with Gasteiger partial charge in [0.1, 0.15) is 0 Å². The number of hydrogen-bond acceptors (Lipinski definition) is 4. The summed E-state index contributed by atoms with van der Waals surface area (Å²) in [5.74, 6) is 0. The molecule has 3 heterocycles. The van der Waals surface area contributed by atoms with Crippen LogP contribution in [-0.4, -0.2) is 41.3 Å². The Labute approximate surface area is 127 Å². The molecule has 114 valence electrons. The van der Waals surface area contributed by atoms with Gasteiger partial charge in [0.05, 0.1) is 17.2 Å². The number of piperidine rings is 1. The van der Waals surface area contributed by atoms with E-state index in [1.165, 1.54) is 19.3 Å². The van der Waals surface area contributed by atoms with Gasteiger partial charge in [-0.1, -0.05) is 20.8 Å². The van der Waals surface area contributed by atoms with Crippen LogP contribution in [0.5, 0.6) is 0 Å². The molecule has 4 fully saturated rings. The third kappa shape index (κ3) is 1.52. The van der Waals surface area contributed by atoms with E-state index >= 15 is 0 Å². The molecule has 5 heteroatoms. The van der Waals surface area contributed by atoms with E-state index in [-0.39, 0.29) is 16.5 Å². The zero-order valence-electron chi connectivity index (χ0n) is 12.8. The highest BCUT2D eigenvalue weighted by molar-refractivity contribution is 6.20. The molecule has 0 amide bonds. The van der Waals surface area contributed by atoms with E-state index < -0.39 is 0 Å². The fourth-order valence-electron chi connectivity index (χ4n) is 5.67. The first kappa shape index (κ1) is 13.8. The van der Waals surface area contributed by atoms with Crippen LogP contribution in [0.15, 0.2) is 0 Å². The predicted molar refractivity (Wildman–Crippen MR) is 81.3 cm³/mol. The van der Waals surface area contributed by atoms with E-state index in [4.69, 9.17) is 11.6 Å². The summed E-state index contributed by atoms with van der Waals surface area (Å²) in [5.41, 5.74) is 4.52. The van der Waals surface area contributed by atoms with Crippen molar-refractivity contribution in [1.29, 1.82) is 0 Å². The number of fused-ring (bicyclic) bond motifs is 4. The Hall–Kier alpha value is 0.130. The Balaban J connectivity index is 1.85. The first-order chi connectivity index (χ1) is 9.41. The van der Waals surface area contributed by atoms with E-state index in [0.717, 1.165) is 19.5 Å². The fraction of sp³-hybridized carbons (Fsp3) is 1.00. The molecule has 0 aromatic heterocycles. The lowest BCUT2D eigenvalue weighted by molar-refractivity contribution is -0.164. The molecule has 0 radical (unpaired) electrons. The van der Waals surface area contributed by atoms with Gasteiger partial charge < -0.3 is 5.32 Å². The third-order valence-corrected chi connectivity index (χ3v) is 6.54. The molecule has 0 bridgehead atoms. The predicted octanol–water partition coefficient (Wildman–Crippen LogP) is 1.62. The van der Waals surface area contributed by atoms with Crippen LogP contribution in [0.1, 0.15) is 46.5 Å². The average molecular weight is 299 g/mol. The topological polar surface area (TPSA) is 39.3 Å². The summed E-state index contributed by atoms with van der Waals surface area (Å²) in [6, 6.07) is 0.504. The van der Waals surface area contributed by atoms with Crippen LogP contribution in [0.2, 0.25) is 0 Å². The van der Waals surface area contributed by atoms with Crippen LogP contribution in [0, 0.1) is 10.8 Å². The first-order valence-electron chi connectivity index (χ1n) is 8.07. The van der Waals surface area contributed by atoms with Gasteiger partial charge in [-0.25, -0.2) is 10.4 Å². The zero-order valence-corrected chi connectivity index (χ0v) is 13.6. The zero-order chi connectivity index (χ0) is 14.2. The lowest BCUT2D eigenvalue weighted by Gasteiger charge is -2.65. The minimum absolute atomic E-state index is 0.0585. The van der Waals surface area contributed by atoms with Crippen molar-refractivity contribution in [1.82, 2.24) is 21.1 Å². The highest BCUT2D eigenvalue weighted by Gasteiger charge is 2.73. The minimum Gasteiger partial charge on any atom is -0.311 e. The molecule has 1 aliphatic carbocycles. The summed E-state index contributed by atoms with van der Waals surface area (Å²) < 4.78 is 0. The van der Waals surface area contributed by atoms with E-state index in [1.54, 1.807) is 0 Å². The average Bonchev–Trinajstić information content (AvgIpc) is 3.00. The van der Waals surface area contributed by atoms with Gasteiger partial charge in [0.25, 0.3) is 0 Å². The van der Waals surface area contributed by atoms with Gasteiger partial charge in [-0.05, 0) is 36.6 Å². The van der Waals surface area contributed by atoms with Crippen LogP contribution in [-0.2, 0) is 0 Å². The number of hydrogen-bond donors (Lipinski definition) is 3. The molecule has 4 nitrogen and oxygen atoms in total. The molecule has 3 N–H and O–H groups in total. The Morgan fingerprint density at radius 3 is 2.55 bits per heavy atom. The second-order valence-electron chi connectivity index (χ2n) is 8.18. The van der Waals surface area contributed by atoms with Crippen LogP contribution in [0.4, 0.5) is 0 Å². The Morgan fingerprint density at radius 1 is 1.15 bits per heavy atom. The summed E-state index contributed by atoms with van der Waals surface area (Å²) >= 11 is 6.43. The van der Waals surface area contributed by atoms with Crippen molar-refractivity contribution in [3.63, 3.8) is 0 Å². The molecule has 4 atom stereocenters. The monoisotopic (exact) mass is 298 g/mol. The second-order valence-corrected chi connectivity index (χ2v) is 8.71. The number of alkyl halides is 1. The molecular formula is C15H27ClN4. The Morgan fingerprint density at radius 2 is 1.90 bits per heavy atom. The highest BCUT2D eigenvalue weighted by atomic mass is 35.5. The van der Waals surface area contributed by atoms with Crippen molar-refractivity contribution in [2.75, 3.05) is 13.1 Å². The normalized spacial score (nSPS) is 47.1. The van der Waals surface area contributed by atoms with Gasteiger partial charge in [0.15, 0.2) is 0 Å². The van der Waals surface area contributed by atoms with Crippen LogP contribution >= 0.6 is 11.6 Å². The van der Waals surface area contributed by atoms with Crippen molar-refractivity contribution in [3.8, 4) is 0 Å². The van der Waals surface area contributed by atoms with Gasteiger partial charge in [-0.2, -0.15) is 0 Å². The summed E-state index contributed by atoms with van der Waals surface area (Å²) in [4.78, 5) is 0. The lowest BCUT2D eigenvalue weighted by Crippen LogP contribution is -2.83. The fourth-order valence-corrected chi connectivity index (χ4v) is 5.94. The Bertz CT molecular complexity index is 417. The molecule has 3 saturated heterocycles. The third-order valence-electron chi connectivity index (χ3n) is 6.26. The number of nitrogens with zero attached hydrogens (tertiary/aromatic N) is 1. The van der Waals surface area contributed by atoms with E-state index in [1.807, 2.05) is 0 Å². The van der Waals surface area contributed by atoms with Crippen LogP contribution in [0.3, 0.4) is 0 Å². The number of halogens is 1. The Kier molecular flexibility index (Phi) is 2.83. The van der Waals surface area contributed by atoms with Gasteiger partial charge >= 0.3 is 0 Å². The first-order valence-corrected chi connectivity index (χ1v) is 8.51. The van der Waals surface area contributed by atoms with Gasteiger partial charge in [-0.15, -0.1) is 11.6 Å². The minimum atomic E-state index is 0.0585. The molecule has 1 saturated carbocycles. The van der Waals surface area contributed by atoms with E-state index in [9.17, 15) is 0 Å². The summed E-state index contributed by atoms with van der Waals surface area (Å²) in [7, 11) is 0. The molecule has 4 unspecified atom stereocenters. The van der Waals surface area contributed by atoms with Gasteiger partial charge in [0.2, 0.25) is 0 Å². The van der Waals surface area contributed by atoms with Gasteiger partial charge in [-0.3, -0.25) is 5.32 Å². The molecule has 0 aromatic carbocycles. The summed E-state index contributed by atoms with van der Waals surface area (Å²) in [6.45, 7) is 9.47.